The first-order chi connectivity index (χ1) is 8.15. The number of aromatic nitrogens is 3. The molecular weight excluding hydrogens is 218 g/mol. The molecule has 0 radical (unpaired) electrons. The minimum atomic E-state index is -0.0105. The quantitative estimate of drug-likeness (QED) is 0.755. The standard InChI is InChI=1S/C12H13N3O2/c1-8-10(9(2)16)7-14-15(8)12-11(17-3)5-4-6-13-12/h4-7H,1-3H3. The van der Waals surface area contributed by atoms with Gasteiger partial charge in [0.15, 0.2) is 17.4 Å². The van der Waals surface area contributed by atoms with E-state index in [1.54, 1.807) is 36.3 Å². The molecule has 0 atom stereocenters. The fraction of sp³-hybridized carbons (Fsp3) is 0.250. The van der Waals surface area contributed by atoms with Crippen molar-refractivity contribution in [1.82, 2.24) is 14.8 Å². The van der Waals surface area contributed by atoms with Crippen LogP contribution in [0.2, 0.25) is 0 Å². The molecule has 0 saturated heterocycles. The molecule has 0 unspecified atom stereocenters. The number of pyridine rings is 1. The van der Waals surface area contributed by atoms with Crippen molar-refractivity contribution in [3.8, 4) is 11.6 Å². The molecule has 0 amide bonds. The van der Waals surface area contributed by atoms with Crippen molar-refractivity contribution in [2.75, 3.05) is 7.11 Å². The molecule has 0 aliphatic rings. The number of hydrogen-bond donors (Lipinski definition) is 0. The van der Waals surface area contributed by atoms with Crippen LogP contribution in [0.1, 0.15) is 23.0 Å². The van der Waals surface area contributed by atoms with Gasteiger partial charge in [0.2, 0.25) is 0 Å². The number of rotatable bonds is 3. The van der Waals surface area contributed by atoms with Crippen LogP contribution >= 0.6 is 0 Å². The number of ether oxygens (including phenoxy) is 1. The average molecular weight is 231 g/mol. The number of Topliss-reactive ketones (excluding diaryl/α,β-unsaturated/α-hetero) is 1. The molecule has 5 heteroatoms. The highest BCUT2D eigenvalue weighted by Gasteiger charge is 2.14. The molecule has 88 valence electrons. The van der Waals surface area contributed by atoms with Gasteiger partial charge in [0, 0.05) is 6.20 Å². The van der Waals surface area contributed by atoms with Crippen LogP contribution in [0.4, 0.5) is 0 Å². The van der Waals surface area contributed by atoms with Crippen LogP contribution in [0, 0.1) is 6.92 Å². The zero-order valence-corrected chi connectivity index (χ0v) is 9.97. The van der Waals surface area contributed by atoms with E-state index in [0.29, 0.717) is 17.1 Å². The van der Waals surface area contributed by atoms with Crippen molar-refractivity contribution in [1.29, 1.82) is 0 Å². The SMILES string of the molecule is COc1cccnc1-n1ncc(C(C)=O)c1C. The third kappa shape index (κ3) is 1.91. The summed E-state index contributed by atoms with van der Waals surface area (Å²) in [5.74, 6) is 1.19. The number of methoxy groups -OCH3 is 1. The highest BCUT2D eigenvalue weighted by molar-refractivity contribution is 5.95. The van der Waals surface area contributed by atoms with Crippen LogP contribution < -0.4 is 4.74 Å². The first-order valence-electron chi connectivity index (χ1n) is 5.20. The van der Waals surface area contributed by atoms with Crippen LogP contribution in [0.5, 0.6) is 5.75 Å². The average Bonchev–Trinajstić information content (AvgIpc) is 2.71. The van der Waals surface area contributed by atoms with Crippen LogP contribution in [-0.4, -0.2) is 27.7 Å². The lowest BCUT2D eigenvalue weighted by Crippen LogP contribution is -2.05. The molecule has 0 N–H and O–H groups in total. The molecule has 0 aliphatic carbocycles. The maximum atomic E-state index is 11.4. The minimum Gasteiger partial charge on any atom is -0.493 e. The van der Waals surface area contributed by atoms with Gasteiger partial charge in [0.1, 0.15) is 0 Å². The first kappa shape index (κ1) is 11.3. The molecule has 17 heavy (non-hydrogen) atoms. The summed E-state index contributed by atoms with van der Waals surface area (Å²) in [6, 6.07) is 3.59. The van der Waals surface area contributed by atoms with Crippen molar-refractivity contribution in [2.24, 2.45) is 0 Å². The van der Waals surface area contributed by atoms with Gasteiger partial charge in [-0.05, 0) is 26.0 Å². The Kier molecular flexibility index (Phi) is 2.91. The summed E-state index contributed by atoms with van der Waals surface area (Å²) in [4.78, 5) is 15.6. The summed E-state index contributed by atoms with van der Waals surface area (Å²) < 4.78 is 6.82. The van der Waals surface area contributed by atoms with Gasteiger partial charge in [-0.15, -0.1) is 0 Å². The Bertz CT molecular complexity index is 561. The number of carbonyl (C=O) groups excluding carboxylic acids is 1. The summed E-state index contributed by atoms with van der Waals surface area (Å²) in [6.45, 7) is 3.35. The van der Waals surface area contributed by atoms with Crippen molar-refractivity contribution < 1.29 is 9.53 Å². The lowest BCUT2D eigenvalue weighted by molar-refractivity contribution is 0.101. The van der Waals surface area contributed by atoms with Gasteiger partial charge in [-0.1, -0.05) is 0 Å². The number of hydrogen-bond acceptors (Lipinski definition) is 4. The summed E-state index contributed by atoms with van der Waals surface area (Å²) >= 11 is 0. The zero-order chi connectivity index (χ0) is 12.4. The van der Waals surface area contributed by atoms with Crippen molar-refractivity contribution in [3.63, 3.8) is 0 Å². The molecule has 2 aromatic rings. The van der Waals surface area contributed by atoms with E-state index in [9.17, 15) is 4.79 Å². The molecule has 0 aromatic carbocycles. The van der Waals surface area contributed by atoms with Crippen molar-refractivity contribution in [3.05, 3.63) is 35.8 Å². The second-order valence-corrected chi connectivity index (χ2v) is 3.64. The lowest BCUT2D eigenvalue weighted by Gasteiger charge is -2.08. The summed E-state index contributed by atoms with van der Waals surface area (Å²) in [6.07, 6.45) is 3.21. The summed E-state index contributed by atoms with van der Waals surface area (Å²) in [7, 11) is 1.57. The van der Waals surface area contributed by atoms with E-state index >= 15 is 0 Å². The Balaban J connectivity index is 2.57. The predicted octanol–water partition coefficient (Wildman–Crippen LogP) is 1.79. The highest BCUT2D eigenvalue weighted by atomic mass is 16.5. The molecule has 0 spiro atoms. The van der Waals surface area contributed by atoms with Gasteiger partial charge >= 0.3 is 0 Å². The molecule has 5 nitrogen and oxygen atoms in total. The number of nitrogens with zero attached hydrogens (tertiary/aromatic N) is 3. The van der Waals surface area contributed by atoms with Crippen LogP contribution in [0.25, 0.3) is 5.82 Å². The first-order valence-corrected chi connectivity index (χ1v) is 5.20. The van der Waals surface area contributed by atoms with E-state index in [-0.39, 0.29) is 5.78 Å². The molecular formula is C12H13N3O2. The Hall–Kier alpha value is -2.17. The largest absolute Gasteiger partial charge is 0.493 e. The zero-order valence-electron chi connectivity index (χ0n) is 9.97. The fourth-order valence-corrected chi connectivity index (χ4v) is 1.67. The van der Waals surface area contributed by atoms with Crippen LogP contribution in [0.15, 0.2) is 24.5 Å². The minimum absolute atomic E-state index is 0.0105. The Morgan fingerprint density at radius 1 is 1.47 bits per heavy atom. The molecule has 0 fully saturated rings. The van der Waals surface area contributed by atoms with Crippen molar-refractivity contribution >= 4 is 5.78 Å². The van der Waals surface area contributed by atoms with E-state index in [1.165, 1.54) is 6.92 Å². The van der Waals surface area contributed by atoms with Gasteiger partial charge in [-0.25, -0.2) is 9.67 Å². The van der Waals surface area contributed by atoms with Crippen LogP contribution in [0.3, 0.4) is 0 Å². The molecule has 0 saturated carbocycles. The molecule has 2 aromatic heterocycles. The summed E-state index contributed by atoms with van der Waals surface area (Å²) in [5, 5.41) is 4.17. The highest BCUT2D eigenvalue weighted by Crippen LogP contribution is 2.21. The van der Waals surface area contributed by atoms with Gasteiger partial charge in [0.05, 0.1) is 24.6 Å². The van der Waals surface area contributed by atoms with Crippen LogP contribution in [-0.2, 0) is 0 Å². The number of ketones is 1. The third-order valence-corrected chi connectivity index (χ3v) is 2.56. The van der Waals surface area contributed by atoms with Gasteiger partial charge in [-0.2, -0.15) is 5.10 Å². The van der Waals surface area contributed by atoms with Gasteiger partial charge < -0.3 is 4.74 Å². The Morgan fingerprint density at radius 3 is 2.82 bits per heavy atom. The molecule has 0 aliphatic heterocycles. The molecule has 2 rings (SSSR count). The van der Waals surface area contributed by atoms with E-state index in [1.807, 2.05) is 6.92 Å². The second-order valence-electron chi connectivity index (χ2n) is 3.64. The fourth-order valence-electron chi connectivity index (χ4n) is 1.67. The normalized spacial score (nSPS) is 10.3. The maximum absolute atomic E-state index is 11.4. The Labute approximate surface area is 99.1 Å². The maximum Gasteiger partial charge on any atom is 0.196 e. The van der Waals surface area contributed by atoms with E-state index in [2.05, 4.69) is 10.1 Å². The molecule has 0 bridgehead atoms. The van der Waals surface area contributed by atoms with Gasteiger partial charge in [0.25, 0.3) is 0 Å². The van der Waals surface area contributed by atoms with Crippen molar-refractivity contribution in [2.45, 2.75) is 13.8 Å². The smallest absolute Gasteiger partial charge is 0.196 e. The second kappa shape index (κ2) is 4.37. The summed E-state index contributed by atoms with van der Waals surface area (Å²) in [5.41, 5.74) is 1.35. The van der Waals surface area contributed by atoms with E-state index < -0.39 is 0 Å². The third-order valence-electron chi connectivity index (χ3n) is 2.56. The molecule has 2 heterocycles. The number of carbonyl (C=O) groups is 1. The van der Waals surface area contributed by atoms with Gasteiger partial charge in [-0.3, -0.25) is 4.79 Å². The van der Waals surface area contributed by atoms with E-state index in [4.69, 9.17) is 4.74 Å². The lowest BCUT2D eigenvalue weighted by atomic mass is 10.2. The topological polar surface area (TPSA) is 57.0 Å². The van der Waals surface area contributed by atoms with E-state index in [0.717, 1.165) is 5.69 Å². The monoisotopic (exact) mass is 231 g/mol. The predicted molar refractivity (Wildman–Crippen MR) is 62.7 cm³/mol. The Morgan fingerprint density at radius 2 is 2.24 bits per heavy atom.